The van der Waals surface area contributed by atoms with Crippen molar-refractivity contribution >= 4 is 21.8 Å². The Kier molecular flexibility index (Phi) is 5.79. The van der Waals surface area contributed by atoms with E-state index in [0.29, 0.717) is 12.2 Å². The summed E-state index contributed by atoms with van der Waals surface area (Å²) in [4.78, 5) is 16.2. The maximum Gasteiger partial charge on any atom is 0.269 e. The van der Waals surface area contributed by atoms with Gasteiger partial charge in [0.25, 0.3) is 5.91 Å². The molecule has 0 radical (unpaired) electrons. The summed E-state index contributed by atoms with van der Waals surface area (Å²) in [6.45, 7) is 6.88. The minimum absolute atomic E-state index is 0.0917. The fourth-order valence-corrected chi connectivity index (χ4v) is 2.76. The Morgan fingerprint density at radius 1 is 1.39 bits per heavy atom. The third-order valence-corrected chi connectivity index (χ3v) is 4.72. The lowest BCUT2D eigenvalue weighted by Crippen LogP contribution is -2.38. The highest BCUT2D eigenvalue weighted by Crippen LogP contribution is 2.27. The minimum atomic E-state index is -0.0917. The van der Waals surface area contributed by atoms with Crippen molar-refractivity contribution in [2.24, 2.45) is 5.41 Å². The molecular weight excluding hydrogens is 292 g/mol. The fraction of sp³-hybridized carbons (Fsp3) is 0.571. The smallest absolute Gasteiger partial charge is 0.269 e. The van der Waals surface area contributed by atoms with Crippen molar-refractivity contribution < 1.29 is 4.79 Å². The van der Waals surface area contributed by atoms with Crippen molar-refractivity contribution in [3.05, 3.63) is 29.6 Å². The second-order valence-electron chi connectivity index (χ2n) is 4.69. The number of aryl methyl sites for hydroxylation is 1. The molecule has 3 nitrogen and oxygen atoms in total. The van der Waals surface area contributed by atoms with Gasteiger partial charge in [0.05, 0.1) is 0 Å². The molecule has 100 valence electrons. The van der Waals surface area contributed by atoms with Gasteiger partial charge in [0.15, 0.2) is 0 Å². The first-order valence-corrected chi connectivity index (χ1v) is 7.47. The maximum absolute atomic E-state index is 12.0. The van der Waals surface area contributed by atoms with Crippen LogP contribution in [0.25, 0.3) is 0 Å². The molecule has 0 unspecified atom stereocenters. The van der Waals surface area contributed by atoms with Gasteiger partial charge in [0, 0.05) is 17.6 Å². The predicted molar refractivity (Wildman–Crippen MR) is 78.1 cm³/mol. The molecule has 0 aliphatic heterocycles. The summed E-state index contributed by atoms with van der Waals surface area (Å²) in [6.07, 6.45) is 2.08. The molecule has 0 aromatic carbocycles. The second-order valence-corrected chi connectivity index (χ2v) is 5.25. The minimum Gasteiger partial charge on any atom is -0.350 e. The summed E-state index contributed by atoms with van der Waals surface area (Å²) in [5.41, 5.74) is 1.49. The number of pyridine rings is 1. The van der Waals surface area contributed by atoms with Crippen LogP contribution in [0, 0.1) is 12.3 Å². The van der Waals surface area contributed by atoms with Gasteiger partial charge in [0.2, 0.25) is 0 Å². The highest BCUT2D eigenvalue weighted by atomic mass is 79.9. The number of aromatic nitrogens is 1. The zero-order chi connectivity index (χ0) is 13.6. The van der Waals surface area contributed by atoms with E-state index >= 15 is 0 Å². The van der Waals surface area contributed by atoms with Crippen molar-refractivity contribution in [2.75, 3.05) is 11.9 Å². The van der Waals surface area contributed by atoms with E-state index in [2.05, 4.69) is 40.1 Å². The Morgan fingerprint density at radius 2 is 2.06 bits per heavy atom. The van der Waals surface area contributed by atoms with Crippen LogP contribution in [0.15, 0.2) is 18.2 Å². The van der Waals surface area contributed by atoms with E-state index in [1.54, 1.807) is 6.07 Å². The molecule has 18 heavy (non-hydrogen) atoms. The van der Waals surface area contributed by atoms with Crippen LogP contribution in [0.3, 0.4) is 0 Å². The van der Waals surface area contributed by atoms with Gasteiger partial charge in [-0.15, -0.1) is 0 Å². The summed E-state index contributed by atoms with van der Waals surface area (Å²) in [7, 11) is 0. The third kappa shape index (κ3) is 3.80. The van der Waals surface area contributed by atoms with Crippen LogP contribution in [0.5, 0.6) is 0 Å². The van der Waals surface area contributed by atoms with Crippen LogP contribution in [-0.4, -0.2) is 22.8 Å². The first-order valence-electron chi connectivity index (χ1n) is 6.34. The van der Waals surface area contributed by atoms with Crippen molar-refractivity contribution in [3.8, 4) is 0 Å². The van der Waals surface area contributed by atoms with Crippen LogP contribution in [0.4, 0.5) is 0 Å². The fourth-order valence-electron chi connectivity index (χ4n) is 1.76. The molecule has 1 amide bonds. The van der Waals surface area contributed by atoms with Crippen LogP contribution in [0.1, 0.15) is 42.9 Å². The van der Waals surface area contributed by atoms with Gasteiger partial charge in [-0.3, -0.25) is 4.79 Å². The summed E-state index contributed by atoms with van der Waals surface area (Å²) < 4.78 is 0. The Hall–Kier alpha value is -0.900. The largest absolute Gasteiger partial charge is 0.350 e. The third-order valence-electron chi connectivity index (χ3n) is 3.53. The number of hydrogen-bond acceptors (Lipinski definition) is 2. The number of carbonyl (C=O) groups excluding carboxylic acids is 1. The molecule has 1 aromatic rings. The van der Waals surface area contributed by atoms with Crippen molar-refractivity contribution in [1.82, 2.24) is 10.3 Å². The Labute approximate surface area is 118 Å². The lowest BCUT2D eigenvalue weighted by Gasteiger charge is -2.29. The summed E-state index contributed by atoms with van der Waals surface area (Å²) in [5.74, 6) is -0.0917. The molecule has 0 spiro atoms. The van der Waals surface area contributed by atoms with E-state index in [1.807, 2.05) is 19.1 Å². The van der Waals surface area contributed by atoms with Crippen LogP contribution in [-0.2, 0) is 0 Å². The summed E-state index contributed by atoms with van der Waals surface area (Å²) in [5, 5.41) is 3.89. The number of rotatable bonds is 6. The maximum atomic E-state index is 12.0. The number of nitrogens with one attached hydrogen (secondary N) is 1. The van der Waals surface area contributed by atoms with E-state index in [9.17, 15) is 4.79 Å². The number of nitrogens with zero attached hydrogens (tertiary/aromatic N) is 1. The number of amides is 1. The number of hydrogen-bond donors (Lipinski definition) is 1. The quantitative estimate of drug-likeness (QED) is 0.819. The molecule has 4 heteroatoms. The average molecular weight is 313 g/mol. The highest BCUT2D eigenvalue weighted by Gasteiger charge is 2.25. The second kappa shape index (κ2) is 6.88. The first kappa shape index (κ1) is 15.2. The van der Waals surface area contributed by atoms with Gasteiger partial charge in [-0.2, -0.15) is 0 Å². The molecule has 0 aliphatic carbocycles. The van der Waals surface area contributed by atoms with Gasteiger partial charge in [-0.1, -0.05) is 35.8 Å². The van der Waals surface area contributed by atoms with Gasteiger partial charge in [-0.05, 0) is 37.3 Å². The Balaban J connectivity index is 2.66. The van der Waals surface area contributed by atoms with E-state index in [-0.39, 0.29) is 11.3 Å². The van der Waals surface area contributed by atoms with Crippen molar-refractivity contribution in [1.29, 1.82) is 0 Å². The molecule has 0 saturated heterocycles. The molecule has 1 heterocycles. The zero-order valence-electron chi connectivity index (χ0n) is 11.3. The monoisotopic (exact) mass is 312 g/mol. The highest BCUT2D eigenvalue weighted by molar-refractivity contribution is 9.09. The van der Waals surface area contributed by atoms with Crippen LogP contribution in [0.2, 0.25) is 0 Å². The van der Waals surface area contributed by atoms with Gasteiger partial charge < -0.3 is 5.32 Å². The van der Waals surface area contributed by atoms with Gasteiger partial charge >= 0.3 is 0 Å². The number of carbonyl (C=O) groups is 1. The van der Waals surface area contributed by atoms with E-state index in [0.717, 1.165) is 23.9 Å². The Bertz CT molecular complexity index is 394. The van der Waals surface area contributed by atoms with E-state index < -0.39 is 0 Å². The number of alkyl halides is 1. The van der Waals surface area contributed by atoms with E-state index in [1.165, 1.54) is 0 Å². The molecular formula is C14H21BrN2O. The topological polar surface area (TPSA) is 42.0 Å². The molecule has 0 atom stereocenters. The normalized spacial score (nSPS) is 11.3. The summed E-state index contributed by atoms with van der Waals surface area (Å²) >= 11 is 3.54. The van der Waals surface area contributed by atoms with Gasteiger partial charge in [0.1, 0.15) is 5.69 Å². The molecule has 0 aliphatic rings. The summed E-state index contributed by atoms with van der Waals surface area (Å²) in [6, 6.07) is 5.49. The SMILES string of the molecule is CCC(CC)(CBr)CNC(=O)c1cccc(C)n1. The molecule has 0 saturated carbocycles. The first-order chi connectivity index (χ1) is 8.56. The van der Waals surface area contributed by atoms with Crippen LogP contribution < -0.4 is 5.32 Å². The lowest BCUT2D eigenvalue weighted by atomic mass is 9.84. The Morgan fingerprint density at radius 3 is 2.56 bits per heavy atom. The standard InChI is InChI=1S/C14H21BrN2O/c1-4-14(5-2,9-15)10-16-13(18)12-8-6-7-11(3)17-12/h6-8H,4-5,9-10H2,1-3H3,(H,16,18). The number of halogens is 1. The predicted octanol–water partition coefficient (Wildman–Crippen LogP) is 3.32. The lowest BCUT2D eigenvalue weighted by molar-refractivity contribution is 0.0927. The van der Waals surface area contributed by atoms with Crippen molar-refractivity contribution in [2.45, 2.75) is 33.6 Å². The molecule has 0 bridgehead atoms. The molecule has 0 fully saturated rings. The van der Waals surface area contributed by atoms with E-state index in [4.69, 9.17) is 0 Å². The molecule has 1 aromatic heterocycles. The molecule has 1 N–H and O–H groups in total. The molecule has 1 rings (SSSR count). The van der Waals surface area contributed by atoms with Gasteiger partial charge in [-0.25, -0.2) is 4.98 Å². The average Bonchev–Trinajstić information content (AvgIpc) is 2.40. The zero-order valence-corrected chi connectivity index (χ0v) is 12.9. The van der Waals surface area contributed by atoms with Crippen molar-refractivity contribution in [3.63, 3.8) is 0 Å². The van der Waals surface area contributed by atoms with Crippen LogP contribution >= 0.6 is 15.9 Å².